The molecule has 2 heterocycles. The predicted molar refractivity (Wildman–Crippen MR) is 281 cm³/mol. The van der Waals surface area contributed by atoms with Crippen LogP contribution in [0.1, 0.15) is 0 Å². The second-order valence-corrected chi connectivity index (χ2v) is 16.7. The van der Waals surface area contributed by atoms with Gasteiger partial charge in [0.15, 0.2) is 0 Å². The Morgan fingerprint density at radius 2 is 0.738 bits per heavy atom. The van der Waals surface area contributed by atoms with Crippen LogP contribution in [0, 0.1) is 0 Å². The number of nitrogens with two attached hydrogens (primary N) is 1. The molecular formula is C60H45BrN4. The van der Waals surface area contributed by atoms with Crippen molar-refractivity contribution in [1.82, 2.24) is 9.13 Å². The number of nitrogens with one attached hydrogen (secondary N) is 1. The van der Waals surface area contributed by atoms with E-state index in [1.54, 1.807) is 0 Å². The van der Waals surface area contributed by atoms with Crippen LogP contribution < -0.4 is 11.1 Å². The number of para-hydroxylation sites is 6. The molecule has 0 radical (unpaired) electrons. The van der Waals surface area contributed by atoms with Crippen LogP contribution in [0.2, 0.25) is 0 Å². The minimum atomic E-state index is 0.828. The SMILES string of the molecule is Brc1cccc(-n2c3ccccc3c3ccccc32)c1.Nc1ccccc1-c1ccccc1.c1ccc(-c2ccccc2Nc2cccc(-n3c4ccccc4c4ccccc43)c2)cc1. The highest BCUT2D eigenvalue weighted by Crippen LogP contribution is 2.35. The highest BCUT2D eigenvalue weighted by atomic mass is 79.9. The highest BCUT2D eigenvalue weighted by Gasteiger charge is 2.13. The summed E-state index contributed by atoms with van der Waals surface area (Å²) in [4.78, 5) is 0. The van der Waals surface area contributed by atoms with Gasteiger partial charge in [0, 0.05) is 65.6 Å². The topological polar surface area (TPSA) is 47.9 Å². The monoisotopic (exact) mass is 900 g/mol. The Labute approximate surface area is 387 Å². The summed E-state index contributed by atoms with van der Waals surface area (Å²) in [5, 5.41) is 8.79. The molecule has 10 aromatic carbocycles. The molecule has 12 rings (SSSR count). The van der Waals surface area contributed by atoms with Gasteiger partial charge in [-0.2, -0.15) is 0 Å². The van der Waals surface area contributed by atoms with Gasteiger partial charge >= 0.3 is 0 Å². The Morgan fingerprint density at radius 3 is 1.25 bits per heavy atom. The van der Waals surface area contributed by atoms with Gasteiger partial charge in [0.25, 0.3) is 0 Å². The lowest BCUT2D eigenvalue weighted by Gasteiger charge is -2.14. The average Bonchev–Trinajstić information content (AvgIpc) is 3.89. The third kappa shape index (κ3) is 8.53. The molecule has 0 saturated heterocycles. The Hall–Kier alpha value is -8.12. The Morgan fingerprint density at radius 1 is 0.338 bits per heavy atom. The van der Waals surface area contributed by atoms with Gasteiger partial charge in [0.2, 0.25) is 0 Å². The van der Waals surface area contributed by atoms with Crippen LogP contribution in [0.5, 0.6) is 0 Å². The average molecular weight is 902 g/mol. The van der Waals surface area contributed by atoms with Crippen molar-refractivity contribution in [3.63, 3.8) is 0 Å². The van der Waals surface area contributed by atoms with Gasteiger partial charge in [-0.05, 0) is 83.9 Å². The van der Waals surface area contributed by atoms with Gasteiger partial charge in [-0.1, -0.05) is 198 Å². The van der Waals surface area contributed by atoms with E-state index in [1.165, 1.54) is 66.0 Å². The zero-order valence-electron chi connectivity index (χ0n) is 35.6. The number of benzene rings is 10. The van der Waals surface area contributed by atoms with Crippen LogP contribution in [-0.2, 0) is 0 Å². The van der Waals surface area contributed by atoms with Crippen LogP contribution in [0.25, 0.3) is 77.2 Å². The molecule has 0 amide bonds. The van der Waals surface area contributed by atoms with Crippen molar-refractivity contribution in [2.24, 2.45) is 0 Å². The van der Waals surface area contributed by atoms with Crippen LogP contribution in [0.15, 0.2) is 259 Å². The van der Waals surface area contributed by atoms with Gasteiger partial charge in [-0.25, -0.2) is 0 Å². The number of hydrogen-bond acceptors (Lipinski definition) is 2. The standard InChI is InChI=1S/C30H22N2.C18H12BrN.C12H11N/c1-2-11-22(12-3-1)25-15-4-7-18-28(25)31-23-13-10-14-24(21-23)32-29-19-8-5-16-26(29)27-17-6-9-20-30(27)32;19-13-6-5-7-14(12-13)20-17-10-3-1-8-15(17)16-9-2-4-11-18(16)20;13-12-9-5-4-8-11(12)10-6-2-1-3-7-10/h1-21,31H;1-12H;1-9H,13H2. The molecule has 0 unspecified atom stereocenters. The number of aromatic nitrogens is 2. The molecule has 0 aliphatic heterocycles. The lowest BCUT2D eigenvalue weighted by atomic mass is 10.0. The molecule has 312 valence electrons. The van der Waals surface area contributed by atoms with Gasteiger partial charge in [0.1, 0.15) is 0 Å². The van der Waals surface area contributed by atoms with Crippen molar-refractivity contribution < 1.29 is 0 Å². The first kappa shape index (κ1) is 40.9. The maximum Gasteiger partial charge on any atom is 0.0541 e. The molecule has 3 N–H and O–H groups in total. The normalized spacial score (nSPS) is 10.9. The first-order chi connectivity index (χ1) is 32.1. The Bertz CT molecular complexity index is 3450. The molecular weight excluding hydrogens is 857 g/mol. The third-order valence-corrected chi connectivity index (χ3v) is 12.2. The van der Waals surface area contributed by atoms with Crippen LogP contribution in [0.3, 0.4) is 0 Å². The molecule has 0 atom stereocenters. The van der Waals surface area contributed by atoms with Gasteiger partial charge in [-0.15, -0.1) is 0 Å². The smallest absolute Gasteiger partial charge is 0.0541 e. The van der Waals surface area contributed by atoms with Crippen LogP contribution in [0.4, 0.5) is 17.1 Å². The van der Waals surface area contributed by atoms with Crippen molar-refractivity contribution in [3.8, 4) is 33.6 Å². The molecule has 0 fully saturated rings. The van der Waals surface area contributed by atoms with E-state index in [-0.39, 0.29) is 0 Å². The molecule has 0 aliphatic carbocycles. The van der Waals surface area contributed by atoms with Gasteiger partial charge in [0.05, 0.1) is 22.1 Å². The number of nitrogen functional groups attached to an aromatic ring is 1. The number of hydrogen-bond donors (Lipinski definition) is 2. The fourth-order valence-corrected chi connectivity index (χ4v) is 9.12. The highest BCUT2D eigenvalue weighted by molar-refractivity contribution is 9.10. The molecule has 0 bridgehead atoms. The first-order valence-corrected chi connectivity index (χ1v) is 22.5. The third-order valence-electron chi connectivity index (χ3n) is 11.7. The molecule has 5 heteroatoms. The molecule has 65 heavy (non-hydrogen) atoms. The Balaban J connectivity index is 0.000000128. The van der Waals surface area contributed by atoms with Crippen molar-refractivity contribution in [3.05, 3.63) is 259 Å². The van der Waals surface area contributed by atoms with E-state index in [0.717, 1.165) is 32.8 Å². The summed E-state index contributed by atoms with van der Waals surface area (Å²) in [5.74, 6) is 0. The summed E-state index contributed by atoms with van der Waals surface area (Å²) < 4.78 is 5.76. The first-order valence-electron chi connectivity index (χ1n) is 21.7. The number of rotatable bonds is 6. The number of nitrogens with zero attached hydrogens (tertiary/aromatic N) is 2. The number of fused-ring (bicyclic) bond motifs is 6. The summed E-state index contributed by atoms with van der Waals surface area (Å²) in [6.45, 7) is 0. The maximum atomic E-state index is 5.85. The van der Waals surface area contributed by atoms with Crippen molar-refractivity contribution in [2.45, 2.75) is 0 Å². The number of halogens is 1. The fourth-order valence-electron chi connectivity index (χ4n) is 8.73. The van der Waals surface area contributed by atoms with Gasteiger partial charge in [-0.3, -0.25) is 0 Å². The summed E-state index contributed by atoms with van der Waals surface area (Å²) in [5.41, 5.74) is 20.7. The van der Waals surface area contributed by atoms with Crippen LogP contribution in [-0.4, -0.2) is 9.13 Å². The van der Waals surface area contributed by atoms with Crippen molar-refractivity contribution in [2.75, 3.05) is 11.1 Å². The zero-order chi connectivity index (χ0) is 44.0. The minimum absolute atomic E-state index is 0.828. The van der Waals surface area contributed by atoms with E-state index >= 15 is 0 Å². The lowest BCUT2D eigenvalue weighted by molar-refractivity contribution is 1.18. The Kier molecular flexibility index (Phi) is 11.8. The molecule has 0 aliphatic rings. The van der Waals surface area contributed by atoms with E-state index in [2.05, 4.69) is 243 Å². The summed E-state index contributed by atoms with van der Waals surface area (Å²) in [6, 6.07) is 88.4. The van der Waals surface area contributed by atoms with Crippen molar-refractivity contribution >= 4 is 76.6 Å². The zero-order valence-corrected chi connectivity index (χ0v) is 37.2. The molecule has 2 aromatic heterocycles. The summed E-state index contributed by atoms with van der Waals surface area (Å²) >= 11 is 3.56. The quantitative estimate of drug-likeness (QED) is 0.163. The van der Waals surface area contributed by atoms with Gasteiger partial charge < -0.3 is 20.2 Å². The maximum absolute atomic E-state index is 5.85. The van der Waals surface area contributed by atoms with E-state index in [4.69, 9.17) is 5.73 Å². The molecule has 12 aromatic rings. The second kappa shape index (κ2) is 18.7. The minimum Gasteiger partial charge on any atom is -0.398 e. The largest absolute Gasteiger partial charge is 0.398 e. The second-order valence-electron chi connectivity index (χ2n) is 15.8. The van der Waals surface area contributed by atoms with E-state index < -0.39 is 0 Å². The lowest BCUT2D eigenvalue weighted by Crippen LogP contribution is -1.97. The fraction of sp³-hybridized carbons (Fsp3) is 0. The summed E-state index contributed by atoms with van der Waals surface area (Å²) in [6.07, 6.45) is 0. The van der Waals surface area contributed by atoms with E-state index in [0.29, 0.717) is 0 Å². The van der Waals surface area contributed by atoms with E-state index in [1.807, 2.05) is 42.5 Å². The molecule has 0 saturated carbocycles. The molecule has 0 spiro atoms. The van der Waals surface area contributed by atoms with E-state index in [9.17, 15) is 0 Å². The summed E-state index contributed by atoms with van der Waals surface area (Å²) in [7, 11) is 0. The van der Waals surface area contributed by atoms with Crippen molar-refractivity contribution in [1.29, 1.82) is 0 Å². The molecule has 4 nitrogen and oxygen atoms in total. The number of anilines is 3. The predicted octanol–water partition coefficient (Wildman–Crippen LogP) is 16.7. The van der Waals surface area contributed by atoms with Crippen LogP contribution >= 0.6 is 15.9 Å².